The van der Waals surface area contributed by atoms with Crippen molar-refractivity contribution in [3.63, 3.8) is 0 Å². The molecule has 0 aliphatic carbocycles. The minimum absolute atomic E-state index is 0.441. The Morgan fingerprint density at radius 1 is 1.17 bits per heavy atom. The maximum atomic E-state index is 4.82. The Hall–Kier alpha value is -2.62. The van der Waals surface area contributed by atoms with Gasteiger partial charge in [0, 0.05) is 18.5 Å². The number of hydrogen-bond donors (Lipinski definition) is 1. The highest BCUT2D eigenvalue weighted by molar-refractivity contribution is 5.86. The van der Waals surface area contributed by atoms with Gasteiger partial charge < -0.3 is 9.55 Å². The summed E-state index contributed by atoms with van der Waals surface area (Å²) in [7, 11) is 2.07. The molecule has 4 nitrogen and oxygen atoms in total. The zero-order valence-corrected chi connectivity index (χ0v) is 14.6. The number of nitrogens with zero attached hydrogens (tertiary/aromatic N) is 3. The minimum atomic E-state index is 0.441. The Morgan fingerprint density at radius 3 is 2.71 bits per heavy atom. The van der Waals surface area contributed by atoms with Gasteiger partial charge in [0.2, 0.25) is 0 Å². The fourth-order valence-corrected chi connectivity index (χ4v) is 3.27. The van der Waals surface area contributed by atoms with E-state index in [1.165, 1.54) is 5.56 Å². The van der Waals surface area contributed by atoms with Gasteiger partial charge in [-0.25, -0.2) is 9.97 Å². The van der Waals surface area contributed by atoms with E-state index in [0.29, 0.717) is 5.92 Å². The molecule has 0 amide bonds. The summed E-state index contributed by atoms with van der Waals surface area (Å²) in [4.78, 5) is 13.1. The first-order chi connectivity index (χ1) is 11.6. The highest BCUT2D eigenvalue weighted by atomic mass is 15.1. The van der Waals surface area contributed by atoms with E-state index in [1.54, 1.807) is 0 Å². The molecule has 1 atom stereocenters. The van der Waals surface area contributed by atoms with Crippen LogP contribution in [0.3, 0.4) is 0 Å². The van der Waals surface area contributed by atoms with E-state index < -0.39 is 0 Å². The lowest BCUT2D eigenvalue weighted by Gasteiger charge is -2.04. The molecule has 2 aromatic heterocycles. The molecular weight excluding hydrogens is 296 g/mol. The third kappa shape index (κ3) is 2.21. The van der Waals surface area contributed by atoms with Gasteiger partial charge in [0.05, 0.1) is 22.1 Å². The van der Waals surface area contributed by atoms with Crippen LogP contribution in [0.1, 0.15) is 37.6 Å². The lowest BCUT2D eigenvalue weighted by molar-refractivity contribution is 0.692. The normalized spacial score (nSPS) is 13.0. The molecule has 0 aliphatic rings. The van der Waals surface area contributed by atoms with Crippen LogP contribution < -0.4 is 0 Å². The summed E-state index contributed by atoms with van der Waals surface area (Å²) in [5.74, 6) is 2.50. The molecule has 0 fully saturated rings. The number of fused-ring (bicyclic) bond motifs is 2. The van der Waals surface area contributed by atoms with E-state index >= 15 is 0 Å². The smallest absolute Gasteiger partial charge is 0.140 e. The van der Waals surface area contributed by atoms with Crippen LogP contribution in [0, 0.1) is 6.92 Å². The molecule has 4 heteroatoms. The van der Waals surface area contributed by atoms with Crippen molar-refractivity contribution in [2.45, 2.75) is 33.1 Å². The summed E-state index contributed by atoms with van der Waals surface area (Å²) in [6.45, 7) is 6.52. The molecule has 2 aromatic carbocycles. The number of hydrogen-bond acceptors (Lipinski definition) is 2. The van der Waals surface area contributed by atoms with Gasteiger partial charge in [-0.15, -0.1) is 0 Å². The van der Waals surface area contributed by atoms with Gasteiger partial charge in [0.25, 0.3) is 0 Å². The van der Waals surface area contributed by atoms with Crippen LogP contribution in [0.5, 0.6) is 0 Å². The Morgan fingerprint density at radius 2 is 1.96 bits per heavy atom. The predicted molar refractivity (Wildman–Crippen MR) is 99.2 cm³/mol. The van der Waals surface area contributed by atoms with E-state index in [4.69, 9.17) is 9.97 Å². The molecular formula is C20H22N4. The number of H-pyrrole nitrogens is 1. The van der Waals surface area contributed by atoms with Crippen LogP contribution in [0.15, 0.2) is 36.4 Å². The van der Waals surface area contributed by atoms with Crippen molar-refractivity contribution in [2.24, 2.45) is 7.05 Å². The van der Waals surface area contributed by atoms with Crippen LogP contribution in [-0.4, -0.2) is 19.5 Å². The van der Waals surface area contributed by atoms with Gasteiger partial charge in [0.15, 0.2) is 0 Å². The first kappa shape index (κ1) is 14.9. The van der Waals surface area contributed by atoms with Gasteiger partial charge in [0.1, 0.15) is 11.6 Å². The van der Waals surface area contributed by atoms with Crippen molar-refractivity contribution in [1.29, 1.82) is 0 Å². The Kier molecular flexibility index (Phi) is 3.41. The third-order valence-electron chi connectivity index (χ3n) is 4.92. The van der Waals surface area contributed by atoms with Gasteiger partial charge >= 0.3 is 0 Å². The minimum Gasteiger partial charge on any atom is -0.342 e. The summed E-state index contributed by atoms with van der Waals surface area (Å²) in [6.07, 6.45) is 1.08. The van der Waals surface area contributed by atoms with Crippen molar-refractivity contribution in [3.05, 3.63) is 47.8 Å². The van der Waals surface area contributed by atoms with E-state index in [9.17, 15) is 0 Å². The summed E-state index contributed by atoms with van der Waals surface area (Å²) in [6, 6.07) is 12.6. The number of rotatable bonds is 3. The molecule has 0 saturated carbocycles. The predicted octanol–water partition coefficient (Wildman–Crippen LogP) is 4.94. The SMILES string of the molecule is CCC(C)c1nc2c(C)cc(-c3nc4ccccc4n3C)cc2[nH]1. The largest absolute Gasteiger partial charge is 0.342 e. The van der Waals surface area contributed by atoms with Gasteiger partial charge in [-0.05, 0) is 43.2 Å². The first-order valence-corrected chi connectivity index (χ1v) is 8.50. The quantitative estimate of drug-likeness (QED) is 0.581. The van der Waals surface area contributed by atoms with Gasteiger partial charge in [-0.1, -0.05) is 26.0 Å². The maximum Gasteiger partial charge on any atom is 0.140 e. The van der Waals surface area contributed by atoms with Gasteiger partial charge in [-0.3, -0.25) is 0 Å². The number of aromatic amines is 1. The molecule has 0 saturated heterocycles. The molecule has 24 heavy (non-hydrogen) atoms. The molecule has 0 aliphatic heterocycles. The highest BCUT2D eigenvalue weighted by Gasteiger charge is 2.15. The molecule has 0 bridgehead atoms. The van der Waals surface area contributed by atoms with E-state index in [1.807, 2.05) is 6.07 Å². The Labute approximate surface area is 141 Å². The summed E-state index contributed by atoms with van der Waals surface area (Å²) in [5, 5.41) is 0. The summed E-state index contributed by atoms with van der Waals surface area (Å²) < 4.78 is 2.15. The van der Waals surface area contributed by atoms with E-state index in [0.717, 1.165) is 45.7 Å². The summed E-state index contributed by atoms with van der Waals surface area (Å²) >= 11 is 0. The molecule has 0 radical (unpaired) electrons. The molecule has 2 heterocycles. The van der Waals surface area contributed by atoms with Crippen LogP contribution in [0.4, 0.5) is 0 Å². The number of benzene rings is 2. The zero-order valence-electron chi connectivity index (χ0n) is 14.6. The molecule has 0 spiro atoms. The highest BCUT2D eigenvalue weighted by Crippen LogP contribution is 2.29. The van der Waals surface area contributed by atoms with Crippen molar-refractivity contribution < 1.29 is 0 Å². The van der Waals surface area contributed by atoms with Crippen LogP contribution in [0.2, 0.25) is 0 Å². The van der Waals surface area contributed by atoms with Crippen molar-refractivity contribution >= 4 is 22.1 Å². The van der Waals surface area contributed by atoms with E-state index in [-0.39, 0.29) is 0 Å². The monoisotopic (exact) mass is 318 g/mol. The number of nitrogens with one attached hydrogen (secondary N) is 1. The zero-order chi connectivity index (χ0) is 16.8. The number of aromatic nitrogens is 4. The van der Waals surface area contributed by atoms with Crippen LogP contribution >= 0.6 is 0 Å². The standard InChI is InChI=1S/C20H22N4/c1-5-12(2)19-21-16-11-14(10-13(3)18(16)23-19)20-22-15-8-6-7-9-17(15)24(20)4/h6-12H,5H2,1-4H3,(H,21,23). The second-order valence-corrected chi connectivity index (χ2v) is 6.60. The first-order valence-electron chi connectivity index (χ1n) is 8.50. The third-order valence-corrected chi connectivity index (χ3v) is 4.92. The van der Waals surface area contributed by atoms with Crippen molar-refractivity contribution in [1.82, 2.24) is 19.5 Å². The van der Waals surface area contributed by atoms with Crippen molar-refractivity contribution in [3.8, 4) is 11.4 Å². The molecule has 4 aromatic rings. The maximum absolute atomic E-state index is 4.82. The molecule has 1 N–H and O–H groups in total. The number of aryl methyl sites for hydroxylation is 2. The Bertz CT molecular complexity index is 1040. The molecule has 1 unspecified atom stereocenters. The number of imidazole rings is 2. The molecule has 122 valence electrons. The van der Waals surface area contributed by atoms with Crippen LogP contribution in [-0.2, 0) is 7.05 Å². The average Bonchev–Trinajstić information content (AvgIpc) is 3.16. The second-order valence-electron chi connectivity index (χ2n) is 6.60. The lowest BCUT2D eigenvalue weighted by Crippen LogP contribution is -1.93. The summed E-state index contributed by atoms with van der Waals surface area (Å²) in [5.41, 5.74) is 6.63. The topological polar surface area (TPSA) is 46.5 Å². The average molecular weight is 318 g/mol. The van der Waals surface area contributed by atoms with Gasteiger partial charge in [-0.2, -0.15) is 0 Å². The Balaban J connectivity index is 1.91. The molecule has 4 rings (SSSR count). The second kappa shape index (κ2) is 5.48. The lowest BCUT2D eigenvalue weighted by atomic mass is 10.1. The van der Waals surface area contributed by atoms with E-state index in [2.05, 4.69) is 67.7 Å². The van der Waals surface area contributed by atoms with Crippen molar-refractivity contribution in [2.75, 3.05) is 0 Å². The fourth-order valence-electron chi connectivity index (χ4n) is 3.27. The number of para-hydroxylation sites is 2. The fraction of sp³-hybridized carbons (Fsp3) is 0.300. The van der Waals surface area contributed by atoms with Crippen LogP contribution in [0.25, 0.3) is 33.5 Å².